The zero-order valence-electron chi connectivity index (χ0n) is 7.51. The monoisotopic (exact) mass is 197 g/mol. The van der Waals surface area contributed by atoms with E-state index in [1.165, 1.54) is 6.07 Å². The van der Waals surface area contributed by atoms with Gasteiger partial charge in [-0.3, -0.25) is 0 Å². The first-order chi connectivity index (χ1) is 6.09. The van der Waals surface area contributed by atoms with Crippen molar-refractivity contribution >= 4 is 17.2 Å². The van der Waals surface area contributed by atoms with E-state index in [-0.39, 0.29) is 5.82 Å². The second kappa shape index (κ2) is 4.33. The van der Waals surface area contributed by atoms with E-state index in [0.29, 0.717) is 23.4 Å². The van der Waals surface area contributed by atoms with Crippen molar-refractivity contribution < 1.29 is 4.39 Å². The fraction of sp³-hybridized carbons (Fsp3) is 0.300. The van der Waals surface area contributed by atoms with Gasteiger partial charge in [-0.05, 0) is 30.5 Å². The van der Waals surface area contributed by atoms with Gasteiger partial charge in [-0.1, -0.05) is 24.4 Å². The molecule has 1 aromatic rings. The van der Waals surface area contributed by atoms with Crippen molar-refractivity contribution in [3.05, 3.63) is 35.1 Å². The molecule has 0 aliphatic heterocycles. The molecule has 0 saturated carbocycles. The van der Waals surface area contributed by atoms with Gasteiger partial charge in [-0.2, -0.15) is 0 Å². The summed E-state index contributed by atoms with van der Waals surface area (Å²) < 4.78 is 13.2. The quantitative estimate of drug-likeness (QED) is 0.753. The molecule has 0 unspecified atom stereocenters. The van der Waals surface area contributed by atoms with Crippen molar-refractivity contribution in [3.63, 3.8) is 0 Å². The Hall–Kier alpha value is -0.960. The van der Waals surface area contributed by atoms with Gasteiger partial charge in [-0.25, -0.2) is 4.39 Å². The summed E-state index contributed by atoms with van der Waals surface area (Å²) in [5.74, 6) is -0.170. The van der Waals surface area contributed by atoms with Gasteiger partial charge in [0, 0.05) is 6.42 Å². The van der Waals surface area contributed by atoms with Crippen molar-refractivity contribution in [2.24, 2.45) is 5.73 Å². The van der Waals surface area contributed by atoms with E-state index < -0.39 is 0 Å². The number of hydrogen-bond acceptors (Lipinski definition) is 1. The lowest BCUT2D eigenvalue weighted by molar-refractivity contribution is 0.609. The van der Waals surface area contributed by atoms with Crippen molar-refractivity contribution in [1.29, 1.82) is 0 Å². The largest absolute Gasteiger partial charge is 0.393 e. The van der Waals surface area contributed by atoms with Crippen LogP contribution < -0.4 is 5.73 Å². The highest BCUT2D eigenvalue weighted by Gasteiger charge is 2.02. The molecule has 0 aliphatic carbocycles. The molecule has 0 atom stereocenters. The van der Waals surface area contributed by atoms with Crippen LogP contribution in [0.25, 0.3) is 0 Å². The predicted molar refractivity (Wildman–Crippen MR) is 56.2 cm³/mol. The highest BCUT2D eigenvalue weighted by Crippen LogP contribution is 2.11. The zero-order valence-corrected chi connectivity index (χ0v) is 8.33. The first-order valence-corrected chi connectivity index (χ1v) is 4.54. The zero-order chi connectivity index (χ0) is 9.84. The van der Waals surface area contributed by atoms with Gasteiger partial charge in [0.05, 0.1) is 4.99 Å². The second-order valence-electron chi connectivity index (χ2n) is 3.06. The van der Waals surface area contributed by atoms with Gasteiger partial charge in [0.2, 0.25) is 0 Å². The summed E-state index contributed by atoms with van der Waals surface area (Å²) in [4.78, 5) is 0.431. The van der Waals surface area contributed by atoms with Crippen molar-refractivity contribution in [1.82, 2.24) is 0 Å². The normalized spacial score (nSPS) is 10.0. The Bertz CT molecular complexity index is 323. The molecule has 0 bridgehead atoms. The first kappa shape index (κ1) is 10.1. The van der Waals surface area contributed by atoms with Gasteiger partial charge in [0.1, 0.15) is 5.82 Å². The SMILES string of the molecule is Cc1ccc(CCC(N)=S)c(F)c1. The minimum atomic E-state index is -0.170. The molecule has 1 aromatic carbocycles. The third-order valence-corrected chi connectivity index (χ3v) is 2.05. The predicted octanol–water partition coefficient (Wildman–Crippen LogP) is 2.35. The van der Waals surface area contributed by atoms with Gasteiger partial charge in [-0.15, -0.1) is 0 Å². The van der Waals surface area contributed by atoms with E-state index in [1.54, 1.807) is 6.07 Å². The fourth-order valence-corrected chi connectivity index (χ4v) is 1.22. The van der Waals surface area contributed by atoms with Crippen LogP contribution in [-0.4, -0.2) is 4.99 Å². The molecular formula is C10H12FNS. The lowest BCUT2D eigenvalue weighted by Crippen LogP contribution is -2.09. The Kier molecular flexibility index (Phi) is 3.37. The Morgan fingerprint density at radius 1 is 1.54 bits per heavy atom. The maximum atomic E-state index is 13.2. The summed E-state index contributed by atoms with van der Waals surface area (Å²) in [5, 5.41) is 0. The van der Waals surface area contributed by atoms with Crippen LogP contribution >= 0.6 is 12.2 Å². The molecule has 0 fully saturated rings. The standard InChI is InChI=1S/C10H12FNS/c1-7-2-3-8(9(11)6-7)4-5-10(12)13/h2-3,6H,4-5H2,1H3,(H2,12,13). The maximum absolute atomic E-state index is 13.2. The molecule has 3 heteroatoms. The van der Waals surface area contributed by atoms with Crippen LogP contribution in [0.5, 0.6) is 0 Å². The molecular weight excluding hydrogens is 185 g/mol. The number of halogens is 1. The van der Waals surface area contributed by atoms with Gasteiger partial charge in [0.25, 0.3) is 0 Å². The molecule has 0 saturated heterocycles. The third-order valence-electron chi connectivity index (χ3n) is 1.85. The van der Waals surface area contributed by atoms with Crippen LogP contribution in [0.1, 0.15) is 17.5 Å². The van der Waals surface area contributed by atoms with E-state index in [1.807, 2.05) is 13.0 Å². The topological polar surface area (TPSA) is 26.0 Å². The maximum Gasteiger partial charge on any atom is 0.126 e. The van der Waals surface area contributed by atoms with Crippen LogP contribution in [0, 0.1) is 12.7 Å². The minimum Gasteiger partial charge on any atom is -0.393 e. The smallest absolute Gasteiger partial charge is 0.126 e. The number of benzene rings is 1. The van der Waals surface area contributed by atoms with Crippen LogP contribution in [0.4, 0.5) is 4.39 Å². The Labute approximate surface area is 82.8 Å². The Morgan fingerprint density at radius 3 is 2.77 bits per heavy atom. The lowest BCUT2D eigenvalue weighted by Gasteiger charge is -2.02. The Balaban J connectivity index is 2.72. The molecule has 0 radical (unpaired) electrons. The molecule has 1 rings (SSSR count). The molecule has 0 amide bonds. The number of nitrogens with two attached hydrogens (primary N) is 1. The number of hydrogen-bond donors (Lipinski definition) is 1. The lowest BCUT2D eigenvalue weighted by atomic mass is 10.1. The minimum absolute atomic E-state index is 0.170. The highest BCUT2D eigenvalue weighted by molar-refractivity contribution is 7.80. The van der Waals surface area contributed by atoms with Crippen LogP contribution in [0.15, 0.2) is 18.2 Å². The molecule has 2 N–H and O–H groups in total. The number of thiocarbonyl (C=S) groups is 1. The van der Waals surface area contributed by atoms with E-state index >= 15 is 0 Å². The van der Waals surface area contributed by atoms with Gasteiger partial charge >= 0.3 is 0 Å². The summed E-state index contributed by atoms with van der Waals surface area (Å²) >= 11 is 4.72. The summed E-state index contributed by atoms with van der Waals surface area (Å²) in [6, 6.07) is 5.19. The fourth-order valence-electron chi connectivity index (χ4n) is 1.11. The van der Waals surface area contributed by atoms with Crippen molar-refractivity contribution in [3.8, 4) is 0 Å². The second-order valence-corrected chi connectivity index (χ2v) is 3.59. The molecule has 70 valence electrons. The van der Waals surface area contributed by atoms with Crippen molar-refractivity contribution in [2.45, 2.75) is 19.8 Å². The highest BCUT2D eigenvalue weighted by atomic mass is 32.1. The summed E-state index contributed by atoms with van der Waals surface area (Å²) in [6.07, 6.45) is 1.15. The van der Waals surface area contributed by atoms with Gasteiger partial charge < -0.3 is 5.73 Å². The van der Waals surface area contributed by atoms with E-state index in [9.17, 15) is 4.39 Å². The molecule has 0 heterocycles. The van der Waals surface area contributed by atoms with E-state index in [0.717, 1.165) is 5.56 Å². The summed E-state index contributed by atoms with van der Waals surface area (Å²) in [7, 11) is 0. The van der Waals surface area contributed by atoms with Crippen molar-refractivity contribution in [2.75, 3.05) is 0 Å². The Morgan fingerprint density at radius 2 is 2.23 bits per heavy atom. The molecule has 0 aliphatic rings. The third kappa shape index (κ3) is 3.11. The van der Waals surface area contributed by atoms with Crippen LogP contribution in [-0.2, 0) is 6.42 Å². The van der Waals surface area contributed by atoms with Crippen LogP contribution in [0.2, 0.25) is 0 Å². The van der Waals surface area contributed by atoms with E-state index in [4.69, 9.17) is 18.0 Å². The molecule has 1 nitrogen and oxygen atoms in total. The average molecular weight is 197 g/mol. The average Bonchev–Trinajstić information content (AvgIpc) is 2.02. The molecule has 13 heavy (non-hydrogen) atoms. The number of rotatable bonds is 3. The molecule has 0 spiro atoms. The summed E-state index contributed by atoms with van der Waals surface area (Å²) in [6.45, 7) is 1.86. The number of aryl methyl sites for hydroxylation is 2. The van der Waals surface area contributed by atoms with Gasteiger partial charge in [0.15, 0.2) is 0 Å². The van der Waals surface area contributed by atoms with E-state index in [2.05, 4.69) is 0 Å². The molecule has 0 aromatic heterocycles. The first-order valence-electron chi connectivity index (χ1n) is 4.13. The van der Waals surface area contributed by atoms with Crippen LogP contribution in [0.3, 0.4) is 0 Å². The summed E-state index contributed by atoms with van der Waals surface area (Å²) in [5.41, 5.74) is 6.94.